The molecule has 0 spiro atoms. The van der Waals surface area contributed by atoms with Crippen LogP contribution < -0.4 is 41.9 Å². The maximum atomic E-state index is 6.73. The van der Waals surface area contributed by atoms with Crippen LogP contribution in [0.3, 0.4) is 0 Å². The molecular weight excluding hydrogens is 873 g/mol. The smallest absolute Gasteiger partial charge is 0.138 e. The molecule has 0 fully saturated rings. The molecule has 4 aromatic rings. The van der Waals surface area contributed by atoms with Gasteiger partial charge in [-0.1, -0.05) is 180 Å². The Hall–Kier alpha value is -4.36. The summed E-state index contributed by atoms with van der Waals surface area (Å²) in [6.45, 7) is 26.9. The Labute approximate surface area is 403 Å². The highest BCUT2D eigenvalue weighted by Gasteiger charge is 2.29. The van der Waals surface area contributed by atoms with Gasteiger partial charge in [-0.15, -0.1) is 0 Å². The fraction of sp³-hybridized carbons (Fsp3) is 0.462. The lowest BCUT2D eigenvalue weighted by molar-refractivity contribution is 0.360. The van der Waals surface area contributed by atoms with E-state index in [0.29, 0.717) is 48.7 Å². The molecule has 0 amide bonds. The second-order valence-electron chi connectivity index (χ2n) is 21.2. The topological polar surface area (TPSA) is 141 Å². The summed E-state index contributed by atoms with van der Waals surface area (Å²) in [5.74, 6) is 2.81. The fourth-order valence-electron chi connectivity index (χ4n) is 7.94. The average molecular weight is 941 g/mol. The van der Waals surface area contributed by atoms with Crippen LogP contribution in [-0.4, -0.2) is 46.4 Å². The highest BCUT2D eigenvalue weighted by Crippen LogP contribution is 2.44. The number of thiocarbonyl (C=S) groups is 4. The van der Waals surface area contributed by atoms with E-state index in [9.17, 15) is 0 Å². The Balaban J connectivity index is 2.05. The predicted octanol–water partition coefficient (Wildman–Crippen LogP) is 10.2. The number of benzene rings is 4. The van der Waals surface area contributed by atoms with Gasteiger partial charge >= 0.3 is 0 Å². The van der Waals surface area contributed by atoms with Gasteiger partial charge in [0.25, 0.3) is 0 Å². The largest absolute Gasteiger partial charge is 0.486 e. The summed E-state index contributed by atoms with van der Waals surface area (Å²) in [6, 6.07) is 17.9. The van der Waals surface area contributed by atoms with Crippen LogP contribution in [0.15, 0.2) is 48.5 Å². The molecule has 0 aliphatic heterocycles. The fourth-order valence-corrected chi connectivity index (χ4v) is 8.17. The molecule has 0 unspecified atom stereocenters. The van der Waals surface area contributed by atoms with E-state index in [-0.39, 0.29) is 68.0 Å². The van der Waals surface area contributed by atoms with Crippen molar-refractivity contribution < 1.29 is 18.9 Å². The first kappa shape index (κ1) is 50.6. The van der Waals surface area contributed by atoms with Crippen LogP contribution in [0.5, 0.6) is 23.0 Å². The zero-order valence-electron chi connectivity index (χ0n) is 39.9. The van der Waals surface area contributed by atoms with Crippen LogP contribution >= 0.6 is 48.9 Å². The Morgan fingerprint density at radius 1 is 0.344 bits per heavy atom. The van der Waals surface area contributed by atoms with E-state index in [4.69, 9.17) is 90.8 Å². The van der Waals surface area contributed by atoms with E-state index in [2.05, 4.69) is 132 Å². The van der Waals surface area contributed by atoms with Crippen LogP contribution in [0.25, 0.3) is 0 Å². The minimum atomic E-state index is -0.227. The second kappa shape index (κ2) is 19.6. The first-order valence-electron chi connectivity index (χ1n) is 21.8. The highest BCUT2D eigenvalue weighted by molar-refractivity contribution is 7.80. The van der Waals surface area contributed by atoms with Crippen molar-refractivity contribution in [1.82, 2.24) is 0 Å². The van der Waals surface area contributed by atoms with Crippen molar-refractivity contribution in [3.05, 3.63) is 115 Å². The first-order chi connectivity index (χ1) is 29.5. The van der Waals surface area contributed by atoms with Gasteiger partial charge in [-0.25, -0.2) is 0 Å². The van der Waals surface area contributed by atoms with Crippen LogP contribution in [0, 0.1) is 0 Å². The van der Waals surface area contributed by atoms with Crippen molar-refractivity contribution in [2.45, 2.75) is 130 Å². The zero-order valence-corrected chi connectivity index (χ0v) is 43.1. The standard InChI is InChI=1S/C52H68N4O4S4/c1-49(2,3)37-17-29-13-31-19-38(50(4,5)6)21-33(46(31)58-26-42(54)62)15-35-23-40(52(10,11)12)24-36(48(35)60-28-44(56)64)16-34-22-39(51(7,8)9)20-32(47(34)59-27-43(55)63)14-30(18-37)45(29)57-25-41(53)61/h17-24H,13-16,25-28H2,1-12H3,(H2,53,61)(H2,54,62)(H2,55,63)(H2,56,64). The number of hydrogen-bond donors (Lipinski definition) is 4. The van der Waals surface area contributed by atoms with Gasteiger partial charge in [0.2, 0.25) is 0 Å². The lowest BCUT2D eigenvalue weighted by Gasteiger charge is -2.29. The lowest BCUT2D eigenvalue weighted by Crippen LogP contribution is -2.22. The number of fused-ring (bicyclic) bond motifs is 8. The van der Waals surface area contributed by atoms with Gasteiger partial charge in [0.1, 0.15) is 69.4 Å². The molecular formula is C52H68N4O4S4. The zero-order chi connectivity index (χ0) is 47.7. The summed E-state index contributed by atoms with van der Waals surface area (Å²) >= 11 is 21.7. The van der Waals surface area contributed by atoms with E-state index in [1.807, 2.05) is 0 Å². The summed E-state index contributed by atoms with van der Waals surface area (Å²) in [6.07, 6.45) is 1.79. The van der Waals surface area contributed by atoms with Gasteiger partial charge in [0.05, 0.1) is 0 Å². The quantitative estimate of drug-likeness (QED) is 0.0885. The van der Waals surface area contributed by atoms with Crippen LogP contribution in [0.2, 0.25) is 0 Å². The predicted molar refractivity (Wildman–Crippen MR) is 281 cm³/mol. The third-order valence-electron chi connectivity index (χ3n) is 11.4. The molecule has 8 nitrogen and oxygen atoms in total. The SMILES string of the molecule is CC(C)(C)c1cc2c(OCC(N)=S)c(c1)Cc1cc(C(C)(C)C)cc(c1OCC(N)=S)Cc1cc(C(C)(C)C)cc(c1OCC(N)=S)Cc1cc(C(C)(C)C)cc(c1OCC(N)=S)C2. The van der Waals surface area contributed by atoms with Crippen LogP contribution in [0.1, 0.15) is 150 Å². The molecule has 0 aromatic heterocycles. The third kappa shape index (κ3) is 12.9. The summed E-state index contributed by atoms with van der Waals surface area (Å²) < 4.78 is 26.9. The summed E-state index contributed by atoms with van der Waals surface area (Å²) in [5.41, 5.74) is 36.0. The van der Waals surface area contributed by atoms with E-state index >= 15 is 0 Å². The molecule has 64 heavy (non-hydrogen) atoms. The molecule has 0 radical (unpaired) electrons. The summed E-state index contributed by atoms with van der Waals surface area (Å²) in [5, 5.41) is 0. The van der Waals surface area contributed by atoms with Gasteiger partial charge in [-0.3, -0.25) is 0 Å². The third-order valence-corrected chi connectivity index (χ3v) is 11.9. The Morgan fingerprint density at radius 3 is 0.594 bits per heavy atom. The molecule has 0 saturated carbocycles. The summed E-state index contributed by atoms with van der Waals surface area (Å²) in [7, 11) is 0. The second-order valence-corrected chi connectivity index (χ2v) is 23.3. The molecule has 0 saturated heterocycles. The van der Waals surface area contributed by atoms with Crippen molar-refractivity contribution in [2.75, 3.05) is 26.4 Å². The normalized spacial score (nSPS) is 13.2. The number of nitrogens with two attached hydrogens (primary N) is 4. The lowest BCUT2D eigenvalue weighted by atomic mass is 9.79. The van der Waals surface area contributed by atoms with Crippen molar-refractivity contribution in [3.8, 4) is 23.0 Å². The van der Waals surface area contributed by atoms with Crippen LogP contribution in [0.4, 0.5) is 0 Å². The van der Waals surface area contributed by atoms with Crippen molar-refractivity contribution in [3.63, 3.8) is 0 Å². The molecule has 5 rings (SSSR count). The molecule has 8 N–H and O–H groups in total. The molecule has 12 heteroatoms. The highest BCUT2D eigenvalue weighted by atomic mass is 32.1. The van der Waals surface area contributed by atoms with Crippen LogP contribution in [-0.2, 0) is 47.3 Å². The maximum absolute atomic E-state index is 6.73. The monoisotopic (exact) mass is 940 g/mol. The van der Waals surface area contributed by atoms with Crippen molar-refractivity contribution in [1.29, 1.82) is 0 Å². The molecule has 0 heterocycles. The molecule has 1 aliphatic carbocycles. The Morgan fingerprint density at radius 2 is 0.484 bits per heavy atom. The minimum Gasteiger partial charge on any atom is -0.486 e. The number of rotatable bonds is 12. The van der Waals surface area contributed by atoms with Crippen molar-refractivity contribution >= 4 is 68.8 Å². The van der Waals surface area contributed by atoms with E-state index in [1.54, 1.807) is 0 Å². The number of ether oxygens (including phenoxy) is 4. The van der Waals surface area contributed by atoms with Gasteiger partial charge in [0, 0.05) is 25.7 Å². The molecule has 344 valence electrons. The number of hydrogen-bond acceptors (Lipinski definition) is 8. The molecule has 4 aromatic carbocycles. The molecule has 8 bridgehead atoms. The maximum Gasteiger partial charge on any atom is 0.138 e. The van der Waals surface area contributed by atoms with Gasteiger partial charge in [-0.2, -0.15) is 0 Å². The minimum absolute atomic E-state index is 0.0557. The Bertz CT molecular complexity index is 2030. The van der Waals surface area contributed by atoms with E-state index in [1.165, 1.54) is 0 Å². The molecule has 1 aliphatic rings. The summed E-state index contributed by atoms with van der Waals surface area (Å²) in [4.78, 5) is 0.993. The van der Waals surface area contributed by atoms with Gasteiger partial charge in [0.15, 0.2) is 0 Å². The molecule has 0 atom stereocenters. The van der Waals surface area contributed by atoms with Crippen molar-refractivity contribution in [2.24, 2.45) is 22.9 Å². The Kier molecular flexibility index (Phi) is 15.5. The van der Waals surface area contributed by atoms with Gasteiger partial charge in [-0.05, 0) is 88.4 Å². The average Bonchev–Trinajstić information content (AvgIpc) is 3.13. The van der Waals surface area contributed by atoms with Gasteiger partial charge < -0.3 is 41.9 Å². The van der Waals surface area contributed by atoms with E-state index < -0.39 is 0 Å². The van der Waals surface area contributed by atoms with E-state index in [0.717, 1.165) is 66.8 Å². The first-order valence-corrected chi connectivity index (χ1v) is 23.4.